The van der Waals surface area contributed by atoms with Crippen LogP contribution in [0.3, 0.4) is 0 Å². The molecule has 0 spiro atoms. The number of amides is 1. The normalized spacial score (nSPS) is 18.4. The van der Waals surface area contributed by atoms with Gasteiger partial charge in [0.25, 0.3) is 0 Å². The van der Waals surface area contributed by atoms with Crippen LogP contribution in [0.4, 0.5) is 5.69 Å². The smallest absolute Gasteiger partial charge is 0.224 e. The van der Waals surface area contributed by atoms with Gasteiger partial charge in [-0.2, -0.15) is 5.26 Å². The van der Waals surface area contributed by atoms with Gasteiger partial charge in [0.2, 0.25) is 5.91 Å². The molecule has 21 heavy (non-hydrogen) atoms. The molecule has 112 valence electrons. The molecule has 0 aliphatic carbocycles. The fourth-order valence-electron chi connectivity index (χ4n) is 2.63. The standard InChI is InChI=1S/C16H21N3O2/c17-10-14-4-1-2-5-15(14)18-16(21)6-3-8-19-9-7-13(11-19)12-20/h1-2,4-5,13,20H,3,6-9,11-12H2,(H,18,21). The van der Waals surface area contributed by atoms with Crippen molar-refractivity contribution in [1.82, 2.24) is 4.90 Å². The molecule has 2 N–H and O–H groups in total. The molecule has 1 aliphatic rings. The van der Waals surface area contributed by atoms with Crippen LogP contribution in [0, 0.1) is 17.2 Å². The summed E-state index contributed by atoms with van der Waals surface area (Å²) in [6, 6.07) is 9.07. The van der Waals surface area contributed by atoms with Crippen LogP contribution >= 0.6 is 0 Å². The molecule has 5 heteroatoms. The van der Waals surface area contributed by atoms with Crippen LogP contribution < -0.4 is 5.32 Å². The molecule has 1 atom stereocenters. The molecule has 1 amide bonds. The number of aliphatic hydroxyl groups excluding tert-OH is 1. The Bertz CT molecular complexity index is 524. The van der Waals surface area contributed by atoms with E-state index in [2.05, 4.69) is 16.3 Å². The molecule has 0 saturated carbocycles. The second-order valence-electron chi connectivity index (χ2n) is 5.45. The number of likely N-dealkylation sites (tertiary alicyclic amines) is 1. The maximum atomic E-state index is 11.9. The number of nitrogens with one attached hydrogen (secondary N) is 1. The Kier molecular flexibility index (Phi) is 5.73. The van der Waals surface area contributed by atoms with E-state index in [1.54, 1.807) is 24.3 Å². The number of aliphatic hydroxyl groups is 1. The Morgan fingerprint density at radius 3 is 3.00 bits per heavy atom. The average Bonchev–Trinajstić information content (AvgIpc) is 2.96. The second kappa shape index (κ2) is 7.77. The third-order valence-corrected chi connectivity index (χ3v) is 3.83. The van der Waals surface area contributed by atoms with Gasteiger partial charge in [-0.25, -0.2) is 0 Å². The van der Waals surface area contributed by atoms with E-state index in [0.717, 1.165) is 32.5 Å². The van der Waals surface area contributed by atoms with Gasteiger partial charge in [-0.1, -0.05) is 12.1 Å². The van der Waals surface area contributed by atoms with Crippen molar-refractivity contribution in [2.75, 3.05) is 31.6 Å². The summed E-state index contributed by atoms with van der Waals surface area (Å²) >= 11 is 0. The van der Waals surface area contributed by atoms with Crippen LogP contribution in [-0.2, 0) is 4.79 Å². The van der Waals surface area contributed by atoms with Gasteiger partial charge in [-0.3, -0.25) is 4.79 Å². The van der Waals surface area contributed by atoms with E-state index in [9.17, 15) is 4.79 Å². The molecule has 1 aliphatic heterocycles. The van der Waals surface area contributed by atoms with Gasteiger partial charge < -0.3 is 15.3 Å². The molecule has 1 heterocycles. The summed E-state index contributed by atoms with van der Waals surface area (Å²) in [7, 11) is 0. The van der Waals surface area contributed by atoms with Crippen molar-refractivity contribution >= 4 is 11.6 Å². The van der Waals surface area contributed by atoms with Crippen LogP contribution in [0.15, 0.2) is 24.3 Å². The van der Waals surface area contributed by atoms with E-state index in [4.69, 9.17) is 10.4 Å². The lowest BCUT2D eigenvalue weighted by Crippen LogP contribution is -2.24. The van der Waals surface area contributed by atoms with Crippen LogP contribution in [0.5, 0.6) is 0 Å². The van der Waals surface area contributed by atoms with E-state index in [0.29, 0.717) is 23.6 Å². The predicted octanol–water partition coefficient (Wildman–Crippen LogP) is 1.59. The van der Waals surface area contributed by atoms with Crippen molar-refractivity contribution in [3.63, 3.8) is 0 Å². The first-order valence-corrected chi connectivity index (χ1v) is 7.35. The number of benzene rings is 1. The molecule has 1 saturated heterocycles. The van der Waals surface area contributed by atoms with Gasteiger partial charge >= 0.3 is 0 Å². The number of hydrogen-bond acceptors (Lipinski definition) is 4. The zero-order chi connectivity index (χ0) is 15.1. The third kappa shape index (κ3) is 4.55. The number of rotatable bonds is 6. The Morgan fingerprint density at radius 2 is 2.29 bits per heavy atom. The summed E-state index contributed by atoms with van der Waals surface area (Å²) < 4.78 is 0. The molecule has 1 fully saturated rings. The minimum Gasteiger partial charge on any atom is -0.396 e. The summed E-state index contributed by atoms with van der Waals surface area (Å²) in [5.74, 6) is 0.330. The topological polar surface area (TPSA) is 76.4 Å². The van der Waals surface area contributed by atoms with Crippen LogP contribution in [-0.4, -0.2) is 42.2 Å². The first kappa shape index (κ1) is 15.5. The van der Waals surface area contributed by atoms with E-state index >= 15 is 0 Å². The highest BCUT2D eigenvalue weighted by molar-refractivity contribution is 5.92. The SMILES string of the molecule is N#Cc1ccccc1NC(=O)CCCN1CCC(CO)C1. The van der Waals surface area contributed by atoms with Crippen molar-refractivity contribution in [2.24, 2.45) is 5.92 Å². The maximum Gasteiger partial charge on any atom is 0.224 e. The number of carbonyl (C=O) groups excluding carboxylic acids is 1. The fourth-order valence-corrected chi connectivity index (χ4v) is 2.63. The minimum atomic E-state index is -0.0596. The molecule has 2 rings (SSSR count). The molecule has 1 aromatic rings. The lowest BCUT2D eigenvalue weighted by Gasteiger charge is -2.15. The summed E-state index contributed by atoms with van der Waals surface area (Å²) in [6.45, 7) is 3.06. The number of hydrogen-bond donors (Lipinski definition) is 2. The Morgan fingerprint density at radius 1 is 1.48 bits per heavy atom. The zero-order valence-electron chi connectivity index (χ0n) is 12.1. The quantitative estimate of drug-likeness (QED) is 0.833. The second-order valence-corrected chi connectivity index (χ2v) is 5.45. The highest BCUT2D eigenvalue weighted by atomic mass is 16.3. The number of anilines is 1. The van der Waals surface area contributed by atoms with Crippen molar-refractivity contribution in [3.8, 4) is 6.07 Å². The van der Waals surface area contributed by atoms with E-state index in [1.165, 1.54) is 0 Å². The van der Waals surface area contributed by atoms with Gasteiger partial charge in [0.15, 0.2) is 0 Å². The Hall–Kier alpha value is -1.90. The molecular weight excluding hydrogens is 266 g/mol. The van der Waals surface area contributed by atoms with E-state index in [-0.39, 0.29) is 12.5 Å². The number of nitriles is 1. The van der Waals surface area contributed by atoms with Gasteiger partial charge in [0.1, 0.15) is 6.07 Å². The third-order valence-electron chi connectivity index (χ3n) is 3.83. The van der Waals surface area contributed by atoms with Crippen molar-refractivity contribution < 1.29 is 9.90 Å². The number of para-hydroxylation sites is 1. The Balaban J connectivity index is 1.72. The average molecular weight is 287 g/mol. The fraction of sp³-hybridized carbons (Fsp3) is 0.500. The monoisotopic (exact) mass is 287 g/mol. The molecular formula is C16H21N3O2. The summed E-state index contributed by atoms with van der Waals surface area (Å²) in [6.07, 6.45) is 2.27. The number of carbonyl (C=O) groups is 1. The lowest BCUT2D eigenvalue weighted by atomic mass is 10.1. The Labute approximate surface area is 125 Å². The van der Waals surface area contributed by atoms with Gasteiger partial charge in [-0.15, -0.1) is 0 Å². The van der Waals surface area contributed by atoms with Crippen molar-refractivity contribution in [1.29, 1.82) is 5.26 Å². The highest BCUT2D eigenvalue weighted by Gasteiger charge is 2.21. The largest absolute Gasteiger partial charge is 0.396 e. The predicted molar refractivity (Wildman–Crippen MR) is 80.7 cm³/mol. The van der Waals surface area contributed by atoms with Crippen molar-refractivity contribution in [2.45, 2.75) is 19.3 Å². The molecule has 1 aromatic carbocycles. The summed E-state index contributed by atoms with van der Waals surface area (Å²) in [5.41, 5.74) is 1.06. The number of nitrogens with zero attached hydrogens (tertiary/aromatic N) is 2. The highest BCUT2D eigenvalue weighted by Crippen LogP contribution is 2.16. The van der Waals surface area contributed by atoms with E-state index < -0.39 is 0 Å². The molecule has 0 radical (unpaired) electrons. The summed E-state index contributed by atoms with van der Waals surface area (Å²) in [5, 5.41) is 20.9. The lowest BCUT2D eigenvalue weighted by molar-refractivity contribution is -0.116. The van der Waals surface area contributed by atoms with Crippen LogP contribution in [0.2, 0.25) is 0 Å². The molecule has 0 aromatic heterocycles. The summed E-state index contributed by atoms with van der Waals surface area (Å²) in [4.78, 5) is 14.2. The zero-order valence-corrected chi connectivity index (χ0v) is 12.1. The first-order valence-electron chi connectivity index (χ1n) is 7.35. The van der Waals surface area contributed by atoms with Gasteiger partial charge in [-0.05, 0) is 44.0 Å². The van der Waals surface area contributed by atoms with Crippen LogP contribution in [0.1, 0.15) is 24.8 Å². The van der Waals surface area contributed by atoms with E-state index in [1.807, 2.05) is 0 Å². The molecule has 1 unspecified atom stereocenters. The van der Waals surface area contributed by atoms with Crippen molar-refractivity contribution in [3.05, 3.63) is 29.8 Å². The van der Waals surface area contributed by atoms with Crippen LogP contribution in [0.25, 0.3) is 0 Å². The molecule has 5 nitrogen and oxygen atoms in total. The van der Waals surface area contributed by atoms with Gasteiger partial charge in [0.05, 0.1) is 11.3 Å². The minimum absolute atomic E-state index is 0.0596. The van der Waals surface area contributed by atoms with Gasteiger partial charge in [0, 0.05) is 19.6 Å². The molecule has 0 bridgehead atoms. The first-order chi connectivity index (χ1) is 10.2. The maximum absolute atomic E-state index is 11.9.